The molecule has 1 heterocycles. The van der Waals surface area contributed by atoms with E-state index in [0.29, 0.717) is 35.2 Å². The lowest BCUT2D eigenvalue weighted by Crippen LogP contribution is -2.30. The summed E-state index contributed by atoms with van der Waals surface area (Å²) in [7, 11) is -1.88. The lowest BCUT2D eigenvalue weighted by Gasteiger charge is -2.18. The van der Waals surface area contributed by atoms with Crippen LogP contribution in [0.3, 0.4) is 0 Å². The highest BCUT2D eigenvalue weighted by atomic mass is 32.2. The van der Waals surface area contributed by atoms with Gasteiger partial charge in [-0.2, -0.15) is 4.31 Å². The first-order valence-electron chi connectivity index (χ1n) is 8.65. The first-order valence-corrected chi connectivity index (χ1v) is 11.1. The summed E-state index contributed by atoms with van der Waals surface area (Å²) >= 11 is 1.44. The minimum absolute atomic E-state index is 0.230. The maximum absolute atomic E-state index is 12.7. The molecule has 0 atom stereocenters. The van der Waals surface area contributed by atoms with Crippen LogP contribution in [-0.2, 0) is 15.8 Å². The molecule has 0 amide bonds. The van der Waals surface area contributed by atoms with Crippen molar-refractivity contribution in [3.05, 3.63) is 48.0 Å². The molecule has 3 aromatic rings. The van der Waals surface area contributed by atoms with Crippen LogP contribution in [0.25, 0.3) is 11.1 Å². The predicted octanol–water partition coefficient (Wildman–Crippen LogP) is 4.16. The molecule has 1 aromatic heterocycles. The fourth-order valence-electron chi connectivity index (χ4n) is 2.78. The molecular weight excluding hydrogens is 384 g/mol. The summed E-state index contributed by atoms with van der Waals surface area (Å²) in [5.74, 6) is 1.45. The third-order valence-corrected chi connectivity index (χ3v) is 7.15. The molecule has 27 heavy (non-hydrogen) atoms. The largest absolute Gasteiger partial charge is 0.496 e. The molecule has 0 unspecified atom stereocenters. The van der Waals surface area contributed by atoms with Crippen LogP contribution in [0.4, 0.5) is 0 Å². The van der Waals surface area contributed by atoms with Crippen LogP contribution in [0.2, 0.25) is 0 Å². The molecule has 2 aromatic carbocycles. The number of methoxy groups -OCH3 is 1. The Balaban J connectivity index is 1.84. The van der Waals surface area contributed by atoms with Gasteiger partial charge in [-0.05, 0) is 24.3 Å². The van der Waals surface area contributed by atoms with E-state index in [4.69, 9.17) is 9.15 Å². The van der Waals surface area contributed by atoms with Gasteiger partial charge >= 0.3 is 0 Å². The number of hydrogen-bond acceptors (Lipinski definition) is 6. The molecule has 0 spiro atoms. The quantitative estimate of drug-likeness (QED) is 0.523. The summed E-state index contributed by atoms with van der Waals surface area (Å²) in [5.41, 5.74) is 2.14. The molecule has 0 saturated heterocycles. The Morgan fingerprint density at radius 3 is 2.59 bits per heavy atom. The van der Waals surface area contributed by atoms with Gasteiger partial charge in [-0.3, -0.25) is 0 Å². The van der Waals surface area contributed by atoms with Crippen LogP contribution < -0.4 is 4.74 Å². The predicted molar refractivity (Wildman–Crippen MR) is 107 cm³/mol. The Morgan fingerprint density at radius 1 is 1.15 bits per heavy atom. The number of rotatable bonds is 8. The van der Waals surface area contributed by atoms with Gasteiger partial charge in [0.2, 0.25) is 10.0 Å². The molecule has 0 N–H and O–H groups in total. The molecule has 0 aliphatic carbocycles. The number of hydrogen-bond donors (Lipinski definition) is 0. The maximum Gasteiger partial charge on any atom is 0.257 e. The van der Waals surface area contributed by atoms with Crippen LogP contribution >= 0.6 is 11.8 Å². The molecule has 3 rings (SSSR count). The van der Waals surface area contributed by atoms with Crippen LogP contribution in [0.15, 0.2) is 57.0 Å². The molecule has 0 saturated carbocycles. The average molecular weight is 407 g/mol. The highest BCUT2D eigenvalue weighted by molar-refractivity contribution is 7.98. The Bertz CT molecular complexity index is 1030. The van der Waals surface area contributed by atoms with Gasteiger partial charge in [-0.25, -0.2) is 13.4 Å². The fraction of sp³-hybridized carbons (Fsp3) is 0.316. The number of aromatic nitrogens is 1. The third-order valence-electron chi connectivity index (χ3n) is 4.23. The van der Waals surface area contributed by atoms with E-state index in [1.807, 2.05) is 38.1 Å². The number of benzene rings is 2. The maximum atomic E-state index is 12.7. The highest BCUT2D eigenvalue weighted by Gasteiger charge is 2.22. The van der Waals surface area contributed by atoms with E-state index in [1.165, 1.54) is 16.1 Å². The van der Waals surface area contributed by atoms with Crippen LogP contribution in [0.5, 0.6) is 5.75 Å². The second-order valence-electron chi connectivity index (χ2n) is 5.80. The van der Waals surface area contributed by atoms with Gasteiger partial charge in [0.1, 0.15) is 11.3 Å². The number of thioether (sulfide) groups is 1. The number of sulfonamides is 1. The standard InChI is InChI=1S/C19H22N2O4S2/c1-4-21(5-2)27(22,23)15-10-11-18-16(12-15)20-19(25-18)26-13-14-8-6-7-9-17(14)24-3/h6-12H,4-5,13H2,1-3H3. The van der Waals surface area contributed by atoms with E-state index in [2.05, 4.69) is 4.98 Å². The van der Waals surface area contributed by atoms with E-state index in [9.17, 15) is 8.42 Å². The summed E-state index contributed by atoms with van der Waals surface area (Å²) in [5, 5.41) is 0.494. The highest BCUT2D eigenvalue weighted by Crippen LogP contribution is 2.30. The molecule has 0 radical (unpaired) electrons. The van der Waals surface area contributed by atoms with Gasteiger partial charge in [0.05, 0.1) is 12.0 Å². The van der Waals surface area contributed by atoms with Gasteiger partial charge in [0.15, 0.2) is 5.58 Å². The van der Waals surface area contributed by atoms with Crippen molar-refractivity contribution in [2.24, 2.45) is 0 Å². The second-order valence-corrected chi connectivity index (χ2v) is 8.66. The summed E-state index contributed by atoms with van der Waals surface area (Å²) < 4.78 is 37.9. The molecular formula is C19H22N2O4S2. The SMILES string of the molecule is CCN(CC)S(=O)(=O)c1ccc2oc(SCc3ccccc3OC)nc2c1. The summed E-state index contributed by atoms with van der Waals surface area (Å²) in [4.78, 5) is 4.67. The molecule has 6 nitrogen and oxygen atoms in total. The average Bonchev–Trinajstić information content (AvgIpc) is 3.09. The van der Waals surface area contributed by atoms with Crippen molar-refractivity contribution in [2.75, 3.05) is 20.2 Å². The number of fused-ring (bicyclic) bond motifs is 1. The summed E-state index contributed by atoms with van der Waals surface area (Å²) in [6, 6.07) is 12.6. The van der Waals surface area contributed by atoms with Crippen LogP contribution in [-0.4, -0.2) is 37.9 Å². The number of ether oxygens (including phenoxy) is 1. The van der Waals surface area contributed by atoms with Crippen molar-refractivity contribution >= 4 is 32.9 Å². The summed E-state index contributed by atoms with van der Waals surface area (Å²) in [6.45, 7) is 4.50. The van der Waals surface area contributed by atoms with Crippen molar-refractivity contribution in [3.8, 4) is 5.75 Å². The molecule has 144 valence electrons. The smallest absolute Gasteiger partial charge is 0.257 e. The lowest BCUT2D eigenvalue weighted by atomic mass is 10.2. The molecule has 0 fully saturated rings. The lowest BCUT2D eigenvalue weighted by molar-refractivity contribution is 0.411. The van der Waals surface area contributed by atoms with Gasteiger partial charge in [-0.15, -0.1) is 0 Å². The van der Waals surface area contributed by atoms with Crippen molar-refractivity contribution in [1.82, 2.24) is 9.29 Å². The molecule has 0 bridgehead atoms. The van der Waals surface area contributed by atoms with Gasteiger partial charge in [-0.1, -0.05) is 43.8 Å². The van der Waals surface area contributed by atoms with Gasteiger partial charge < -0.3 is 9.15 Å². The van der Waals surface area contributed by atoms with E-state index >= 15 is 0 Å². The topological polar surface area (TPSA) is 72.6 Å². The van der Waals surface area contributed by atoms with Crippen LogP contribution in [0, 0.1) is 0 Å². The first kappa shape index (κ1) is 19.7. The zero-order valence-electron chi connectivity index (χ0n) is 15.5. The van der Waals surface area contributed by atoms with Crippen molar-refractivity contribution < 1.29 is 17.6 Å². The van der Waals surface area contributed by atoms with Gasteiger partial charge in [0.25, 0.3) is 5.22 Å². The zero-order chi connectivity index (χ0) is 19.4. The number of oxazole rings is 1. The van der Waals surface area contributed by atoms with E-state index < -0.39 is 10.0 Å². The zero-order valence-corrected chi connectivity index (χ0v) is 17.1. The Labute approximate surface area is 163 Å². The first-order chi connectivity index (χ1) is 13.0. The fourth-order valence-corrected chi connectivity index (χ4v) is 5.09. The third kappa shape index (κ3) is 4.12. The Morgan fingerprint density at radius 2 is 1.89 bits per heavy atom. The normalized spacial score (nSPS) is 12.0. The van der Waals surface area contributed by atoms with E-state index in [1.54, 1.807) is 25.3 Å². The van der Waals surface area contributed by atoms with Crippen LogP contribution in [0.1, 0.15) is 19.4 Å². The van der Waals surface area contributed by atoms with E-state index in [-0.39, 0.29) is 4.90 Å². The number of para-hydroxylation sites is 1. The van der Waals surface area contributed by atoms with Gasteiger partial charge in [0, 0.05) is 24.4 Å². The molecule has 8 heteroatoms. The minimum atomic E-state index is -3.52. The van der Waals surface area contributed by atoms with E-state index in [0.717, 1.165) is 11.3 Å². The molecule has 0 aliphatic rings. The summed E-state index contributed by atoms with van der Waals surface area (Å²) in [6.07, 6.45) is 0. The van der Waals surface area contributed by atoms with Crippen molar-refractivity contribution in [3.63, 3.8) is 0 Å². The molecule has 0 aliphatic heterocycles. The Hall–Kier alpha value is -2.03. The van der Waals surface area contributed by atoms with Crippen molar-refractivity contribution in [1.29, 1.82) is 0 Å². The number of nitrogens with zero attached hydrogens (tertiary/aromatic N) is 2. The monoisotopic (exact) mass is 406 g/mol. The Kier molecular flexibility index (Phi) is 6.08. The van der Waals surface area contributed by atoms with Crippen molar-refractivity contribution in [2.45, 2.75) is 29.7 Å². The minimum Gasteiger partial charge on any atom is -0.496 e. The second kappa shape index (κ2) is 8.33.